The molecule has 0 saturated heterocycles. The second kappa shape index (κ2) is 6.66. The van der Waals surface area contributed by atoms with E-state index in [2.05, 4.69) is 15.4 Å². The maximum absolute atomic E-state index is 12.5. The van der Waals surface area contributed by atoms with Gasteiger partial charge in [-0.3, -0.25) is 10.1 Å². The van der Waals surface area contributed by atoms with E-state index in [1.807, 2.05) is 18.2 Å². The van der Waals surface area contributed by atoms with E-state index in [0.717, 1.165) is 11.3 Å². The van der Waals surface area contributed by atoms with Crippen molar-refractivity contribution in [2.75, 3.05) is 11.6 Å². The molecule has 0 bridgehead atoms. The summed E-state index contributed by atoms with van der Waals surface area (Å²) in [5.41, 5.74) is 2.72. The van der Waals surface area contributed by atoms with Gasteiger partial charge in [0.25, 0.3) is 5.91 Å². The average molecular weight is 367 g/mol. The molecule has 3 heterocycles. The largest absolute Gasteiger partial charge is 0.472 e. The minimum Gasteiger partial charge on any atom is -0.472 e. The lowest BCUT2D eigenvalue weighted by Gasteiger charge is -2.02. The molecule has 1 atom stereocenters. The van der Waals surface area contributed by atoms with Crippen LogP contribution in [0.4, 0.5) is 5.95 Å². The Labute approximate surface area is 151 Å². The maximum atomic E-state index is 12.5. The van der Waals surface area contributed by atoms with Crippen LogP contribution in [-0.2, 0) is 11.2 Å². The van der Waals surface area contributed by atoms with Gasteiger partial charge in [0.05, 0.1) is 18.2 Å². The lowest BCUT2D eigenvalue weighted by molar-refractivity contribution is 0.102. The number of rotatable bonds is 4. The number of fused-ring (bicyclic) bond motifs is 1. The van der Waals surface area contributed by atoms with Crippen molar-refractivity contribution in [3.05, 3.63) is 66.6 Å². The van der Waals surface area contributed by atoms with E-state index >= 15 is 0 Å². The van der Waals surface area contributed by atoms with Gasteiger partial charge in [0.1, 0.15) is 6.26 Å². The topological polar surface area (TPSA) is 92.7 Å². The van der Waals surface area contributed by atoms with E-state index in [1.54, 1.807) is 53.6 Å². The molecule has 1 aromatic carbocycles. The van der Waals surface area contributed by atoms with E-state index in [4.69, 9.17) is 4.42 Å². The van der Waals surface area contributed by atoms with Crippen LogP contribution in [0.2, 0.25) is 0 Å². The second-order valence-electron chi connectivity index (χ2n) is 5.59. The zero-order valence-corrected chi connectivity index (χ0v) is 14.6. The summed E-state index contributed by atoms with van der Waals surface area (Å²) >= 11 is -0.909. The minimum atomic E-state index is -0.909. The number of aromatic nitrogens is 3. The van der Waals surface area contributed by atoms with Crippen molar-refractivity contribution in [1.29, 1.82) is 0 Å². The molecule has 2 N–H and O–H groups in total. The molecule has 0 aliphatic rings. The molecule has 0 spiro atoms. The molecule has 8 heteroatoms. The van der Waals surface area contributed by atoms with E-state index < -0.39 is 11.2 Å². The molecule has 7 nitrogen and oxygen atoms in total. The molecule has 0 aliphatic carbocycles. The summed E-state index contributed by atoms with van der Waals surface area (Å²) in [5, 5.41) is 7.08. The molecule has 0 aliphatic heterocycles. The Bertz CT molecular complexity index is 1070. The first-order valence-corrected chi connectivity index (χ1v) is 9.35. The fourth-order valence-electron chi connectivity index (χ4n) is 2.58. The Morgan fingerprint density at radius 3 is 2.85 bits per heavy atom. The monoisotopic (exact) mass is 367 g/mol. The highest BCUT2D eigenvalue weighted by Gasteiger charge is 2.17. The van der Waals surface area contributed by atoms with Gasteiger partial charge in [-0.25, -0.2) is 4.52 Å². The Morgan fingerprint density at radius 2 is 2.08 bits per heavy atom. The molecule has 1 amide bonds. The van der Waals surface area contributed by atoms with E-state index in [9.17, 15) is 9.35 Å². The minimum absolute atomic E-state index is 0.204. The van der Waals surface area contributed by atoms with Crippen molar-refractivity contribution in [3.8, 4) is 11.3 Å². The van der Waals surface area contributed by atoms with Gasteiger partial charge >= 0.3 is 0 Å². The number of nitrogens with zero attached hydrogens (tertiary/aromatic N) is 3. The van der Waals surface area contributed by atoms with Crippen molar-refractivity contribution in [3.63, 3.8) is 0 Å². The highest BCUT2D eigenvalue weighted by Crippen LogP contribution is 2.21. The summed E-state index contributed by atoms with van der Waals surface area (Å²) in [4.78, 5) is 17.5. The third-order valence-corrected chi connectivity index (χ3v) is 4.78. The zero-order valence-electron chi connectivity index (χ0n) is 13.8. The van der Waals surface area contributed by atoms with Gasteiger partial charge in [0.15, 0.2) is 21.7 Å². The summed E-state index contributed by atoms with van der Waals surface area (Å²) in [6, 6.07) is 14.2. The number of nitrogens with one attached hydrogen (secondary N) is 1. The van der Waals surface area contributed by atoms with Crippen LogP contribution in [0.1, 0.15) is 10.4 Å². The molecule has 130 valence electrons. The molecule has 0 radical (unpaired) electrons. The quantitative estimate of drug-likeness (QED) is 0.540. The molecule has 3 aromatic heterocycles. The van der Waals surface area contributed by atoms with Gasteiger partial charge < -0.3 is 4.42 Å². The fraction of sp³-hybridized carbons (Fsp3) is 0.0556. The number of carbonyl (C=O) groups is 1. The van der Waals surface area contributed by atoms with Crippen molar-refractivity contribution in [2.45, 2.75) is 4.90 Å². The Morgan fingerprint density at radius 1 is 1.23 bits per heavy atom. The van der Waals surface area contributed by atoms with Crippen LogP contribution in [0, 0.1) is 0 Å². The van der Waals surface area contributed by atoms with Gasteiger partial charge in [-0.15, -0.1) is 5.10 Å². The number of hydrogen-bond donors (Lipinski definition) is 2. The summed E-state index contributed by atoms with van der Waals surface area (Å²) in [6.07, 6.45) is 4.89. The molecule has 0 saturated carbocycles. The van der Waals surface area contributed by atoms with Crippen LogP contribution in [0.15, 0.2) is 70.4 Å². The second-order valence-corrected chi connectivity index (χ2v) is 7.02. The molecule has 0 fully saturated rings. The van der Waals surface area contributed by atoms with Crippen LogP contribution < -0.4 is 5.32 Å². The maximum Gasteiger partial charge on any atom is 0.258 e. The van der Waals surface area contributed by atoms with E-state index in [1.165, 1.54) is 0 Å². The average Bonchev–Trinajstić information content (AvgIpc) is 3.30. The van der Waals surface area contributed by atoms with E-state index in [0.29, 0.717) is 16.1 Å². The van der Waals surface area contributed by atoms with Crippen molar-refractivity contribution < 1.29 is 13.8 Å². The number of benzene rings is 1. The predicted octanol–water partition coefficient (Wildman–Crippen LogP) is 3.32. The standard InChI is InChI=1S/C18H14N4O3S/c1-26(24)14-5-2-4-12(10-14)17(23)20-18-19-16-7-3-6-15(22(16)21-18)13-8-9-25-11-13/h2-11,24H,1H3/p+1. The number of furan rings is 1. The van der Waals surface area contributed by atoms with Gasteiger partial charge in [-0.2, -0.15) is 9.54 Å². The predicted molar refractivity (Wildman–Crippen MR) is 99.3 cm³/mol. The lowest BCUT2D eigenvalue weighted by Crippen LogP contribution is -2.13. The highest BCUT2D eigenvalue weighted by molar-refractivity contribution is 7.90. The number of carbonyl (C=O) groups excluding carboxylic acids is 1. The normalized spacial score (nSPS) is 12.2. The number of amides is 1. The van der Waals surface area contributed by atoms with Crippen molar-refractivity contribution in [2.24, 2.45) is 0 Å². The number of hydrogen-bond acceptors (Lipinski definition) is 5. The smallest absolute Gasteiger partial charge is 0.258 e. The van der Waals surface area contributed by atoms with Crippen LogP contribution in [0.3, 0.4) is 0 Å². The first-order valence-electron chi connectivity index (χ1n) is 7.76. The van der Waals surface area contributed by atoms with Gasteiger partial charge in [-0.1, -0.05) is 12.1 Å². The third kappa shape index (κ3) is 3.07. The molecular weight excluding hydrogens is 352 g/mol. The first-order chi connectivity index (χ1) is 12.6. The SMILES string of the molecule is C[S+](O)c1cccc(C(=O)Nc2nc3cccc(-c4ccoc4)n3n2)c1. The Balaban J connectivity index is 1.65. The summed E-state index contributed by atoms with van der Waals surface area (Å²) in [6.45, 7) is 0. The zero-order chi connectivity index (χ0) is 18.1. The van der Waals surface area contributed by atoms with Gasteiger partial charge in [0.2, 0.25) is 5.95 Å². The molecule has 1 unspecified atom stereocenters. The molecule has 26 heavy (non-hydrogen) atoms. The van der Waals surface area contributed by atoms with Crippen LogP contribution in [0.25, 0.3) is 16.9 Å². The molecular formula is C18H15N4O3S+. The summed E-state index contributed by atoms with van der Waals surface area (Å²) in [7, 11) is 0. The van der Waals surface area contributed by atoms with Crippen LogP contribution in [0.5, 0.6) is 0 Å². The van der Waals surface area contributed by atoms with Crippen molar-refractivity contribution in [1.82, 2.24) is 14.6 Å². The summed E-state index contributed by atoms with van der Waals surface area (Å²) in [5.74, 6) is -0.131. The fourth-order valence-corrected chi connectivity index (χ4v) is 3.15. The van der Waals surface area contributed by atoms with Gasteiger partial charge in [-0.05, 0) is 30.3 Å². The first kappa shape index (κ1) is 16.4. The van der Waals surface area contributed by atoms with E-state index in [-0.39, 0.29) is 11.9 Å². The third-order valence-electron chi connectivity index (χ3n) is 3.84. The van der Waals surface area contributed by atoms with Crippen molar-refractivity contribution >= 4 is 28.7 Å². The Hall–Kier alpha value is -3.10. The van der Waals surface area contributed by atoms with Gasteiger partial charge in [0, 0.05) is 17.2 Å². The lowest BCUT2D eigenvalue weighted by atomic mass is 10.2. The summed E-state index contributed by atoms with van der Waals surface area (Å²) < 4.78 is 16.5. The number of anilines is 1. The van der Waals surface area contributed by atoms with Crippen LogP contribution in [-0.4, -0.2) is 31.3 Å². The highest BCUT2D eigenvalue weighted by atomic mass is 32.2. The molecule has 4 rings (SSSR count). The Kier molecular flexibility index (Phi) is 4.19. The molecule has 4 aromatic rings. The number of pyridine rings is 1. The van der Waals surface area contributed by atoms with Crippen LogP contribution >= 0.6 is 0 Å².